The molecule has 0 heterocycles. The van der Waals surface area contributed by atoms with Crippen LogP contribution >= 0.6 is 34.4 Å². The van der Waals surface area contributed by atoms with Crippen LogP contribution in [0.5, 0.6) is 0 Å². The Hall–Kier alpha value is -1.54. The number of hydrogen-bond donors (Lipinski definition) is 1. The monoisotopic (exact) mass is 442 g/mol. The second-order valence-electron chi connectivity index (χ2n) is 4.68. The quantitative estimate of drug-likeness (QED) is 0.536. The summed E-state index contributed by atoms with van der Waals surface area (Å²) in [4.78, 5) is 24.5. The topological polar surface area (TPSA) is 63.6 Å². The summed E-state index contributed by atoms with van der Waals surface area (Å²) in [7, 11) is 0. The molecule has 0 aliphatic rings. The van der Waals surface area contributed by atoms with Crippen molar-refractivity contribution in [2.75, 3.05) is 6.61 Å². The Balaban J connectivity index is 2.15. The molecule has 120 valence electrons. The molecule has 23 heavy (non-hydrogen) atoms. The maximum absolute atomic E-state index is 11.9. The molecule has 2 aromatic rings. The van der Waals surface area contributed by atoms with Gasteiger partial charge in [-0.25, -0.2) is 4.79 Å². The van der Waals surface area contributed by atoms with Crippen molar-refractivity contribution in [2.24, 2.45) is 0 Å². The molecule has 0 spiro atoms. The molecule has 0 aliphatic heterocycles. The van der Waals surface area contributed by atoms with Gasteiger partial charge in [-0.15, -0.1) is 0 Å². The van der Waals surface area contributed by atoms with Gasteiger partial charge < -0.3 is 9.84 Å². The molecule has 0 amide bonds. The van der Waals surface area contributed by atoms with E-state index in [9.17, 15) is 9.59 Å². The van der Waals surface area contributed by atoms with Crippen molar-refractivity contribution in [3.63, 3.8) is 0 Å². The summed E-state index contributed by atoms with van der Waals surface area (Å²) < 4.78 is 5.91. The number of halogens is 1. The van der Waals surface area contributed by atoms with E-state index in [1.165, 1.54) is 11.8 Å². The second kappa shape index (κ2) is 8.35. The Bertz CT molecular complexity index is 713. The average molecular weight is 442 g/mol. The van der Waals surface area contributed by atoms with Crippen molar-refractivity contribution < 1.29 is 19.4 Å². The van der Waals surface area contributed by atoms with E-state index in [2.05, 4.69) is 22.6 Å². The van der Waals surface area contributed by atoms with Gasteiger partial charge in [-0.1, -0.05) is 23.9 Å². The molecule has 0 aromatic heterocycles. The summed E-state index contributed by atoms with van der Waals surface area (Å²) >= 11 is 3.63. The van der Waals surface area contributed by atoms with Crippen LogP contribution in [0.4, 0.5) is 0 Å². The van der Waals surface area contributed by atoms with Crippen molar-refractivity contribution in [2.45, 2.75) is 23.1 Å². The van der Waals surface area contributed by atoms with Crippen molar-refractivity contribution in [3.8, 4) is 0 Å². The smallest absolute Gasteiger partial charge is 0.339 e. The van der Waals surface area contributed by atoms with Crippen LogP contribution in [0.15, 0.2) is 52.3 Å². The van der Waals surface area contributed by atoms with E-state index < -0.39 is 5.97 Å². The van der Waals surface area contributed by atoms with Crippen LogP contribution in [0, 0.1) is 3.57 Å². The molecule has 0 saturated carbocycles. The van der Waals surface area contributed by atoms with Gasteiger partial charge in [0.25, 0.3) is 0 Å². The fraction of sp³-hybridized carbons (Fsp3) is 0.176. The largest absolute Gasteiger partial charge is 0.481 e. The zero-order valence-corrected chi connectivity index (χ0v) is 15.4. The van der Waals surface area contributed by atoms with Gasteiger partial charge in [-0.05, 0) is 65.4 Å². The third kappa shape index (κ3) is 5.24. The summed E-state index contributed by atoms with van der Waals surface area (Å²) in [5, 5.41) is 8.77. The highest BCUT2D eigenvalue weighted by atomic mass is 127. The fourth-order valence-corrected chi connectivity index (χ4v) is 3.33. The number of esters is 1. The van der Waals surface area contributed by atoms with Gasteiger partial charge in [0, 0.05) is 13.4 Å². The van der Waals surface area contributed by atoms with Crippen LogP contribution in [0.25, 0.3) is 0 Å². The van der Waals surface area contributed by atoms with Crippen LogP contribution in [0.1, 0.15) is 22.8 Å². The van der Waals surface area contributed by atoms with E-state index in [-0.39, 0.29) is 12.4 Å². The molecule has 0 saturated heterocycles. The van der Waals surface area contributed by atoms with E-state index in [4.69, 9.17) is 9.84 Å². The van der Waals surface area contributed by atoms with Crippen molar-refractivity contribution in [1.29, 1.82) is 0 Å². The van der Waals surface area contributed by atoms with E-state index in [0.29, 0.717) is 12.2 Å². The number of aliphatic carboxylic acids is 1. The highest BCUT2D eigenvalue weighted by Crippen LogP contribution is 2.30. The molecule has 0 fully saturated rings. The van der Waals surface area contributed by atoms with Gasteiger partial charge in [0.15, 0.2) is 0 Å². The fourth-order valence-electron chi connectivity index (χ4n) is 1.92. The maximum atomic E-state index is 11.9. The average Bonchev–Trinajstić information content (AvgIpc) is 2.51. The summed E-state index contributed by atoms with van der Waals surface area (Å²) in [6.07, 6.45) is 0.0154. The third-order valence-electron chi connectivity index (χ3n) is 2.95. The minimum Gasteiger partial charge on any atom is -0.481 e. The van der Waals surface area contributed by atoms with Crippen molar-refractivity contribution in [3.05, 3.63) is 57.2 Å². The Morgan fingerprint density at radius 2 is 1.78 bits per heavy atom. The lowest BCUT2D eigenvalue weighted by molar-refractivity contribution is -0.136. The number of hydrogen-bond acceptors (Lipinski definition) is 4. The molecular formula is C17H15IO4S. The standard InChI is InChI=1S/C17H15IO4S/c1-2-22-17(21)14-10-13(7-8-15(14)18)23-12-5-3-11(4-6-12)9-16(19)20/h3-8,10H,2,9H2,1H3,(H,19,20). The van der Waals surface area contributed by atoms with E-state index in [1.54, 1.807) is 19.1 Å². The Labute approximate surface area is 152 Å². The SMILES string of the molecule is CCOC(=O)c1cc(Sc2ccc(CC(=O)O)cc2)ccc1I. The van der Waals surface area contributed by atoms with Crippen LogP contribution in [0.2, 0.25) is 0 Å². The predicted octanol–water partition coefficient (Wildman–Crippen LogP) is 4.25. The van der Waals surface area contributed by atoms with Crippen molar-refractivity contribution >= 4 is 46.3 Å². The first-order chi connectivity index (χ1) is 11.0. The lowest BCUT2D eigenvalue weighted by atomic mass is 10.2. The highest BCUT2D eigenvalue weighted by Gasteiger charge is 2.12. The van der Waals surface area contributed by atoms with Crippen molar-refractivity contribution in [1.82, 2.24) is 0 Å². The Morgan fingerprint density at radius 3 is 2.39 bits per heavy atom. The molecule has 0 aliphatic carbocycles. The van der Waals surface area contributed by atoms with E-state index in [1.807, 2.05) is 30.3 Å². The first-order valence-electron chi connectivity index (χ1n) is 6.95. The Kier molecular flexibility index (Phi) is 6.47. The third-order valence-corrected chi connectivity index (χ3v) is 4.89. The lowest BCUT2D eigenvalue weighted by Gasteiger charge is -2.08. The zero-order chi connectivity index (χ0) is 16.8. The molecule has 2 rings (SSSR count). The predicted molar refractivity (Wildman–Crippen MR) is 97.0 cm³/mol. The van der Waals surface area contributed by atoms with Gasteiger partial charge >= 0.3 is 11.9 Å². The first-order valence-corrected chi connectivity index (χ1v) is 8.84. The lowest BCUT2D eigenvalue weighted by Crippen LogP contribution is -2.06. The van der Waals surface area contributed by atoms with E-state index >= 15 is 0 Å². The van der Waals surface area contributed by atoms with Crippen LogP contribution in [0.3, 0.4) is 0 Å². The summed E-state index contributed by atoms with van der Waals surface area (Å²) in [6, 6.07) is 13.0. The van der Waals surface area contributed by atoms with Gasteiger partial charge in [0.2, 0.25) is 0 Å². The summed E-state index contributed by atoms with van der Waals surface area (Å²) in [5.74, 6) is -1.17. The number of rotatable bonds is 6. The van der Waals surface area contributed by atoms with Gasteiger partial charge in [-0.2, -0.15) is 0 Å². The number of ether oxygens (including phenoxy) is 1. The highest BCUT2D eigenvalue weighted by molar-refractivity contribution is 14.1. The molecule has 2 aromatic carbocycles. The van der Waals surface area contributed by atoms with Crippen LogP contribution < -0.4 is 0 Å². The number of carboxylic acids is 1. The molecule has 1 N–H and O–H groups in total. The summed E-state index contributed by atoms with van der Waals surface area (Å²) in [5.41, 5.74) is 1.32. The minimum absolute atomic E-state index is 0.0154. The van der Waals surface area contributed by atoms with E-state index in [0.717, 1.165) is 18.9 Å². The molecule has 0 atom stereocenters. The molecule has 0 bridgehead atoms. The summed E-state index contributed by atoms with van der Waals surface area (Å²) in [6.45, 7) is 2.12. The molecule has 4 nitrogen and oxygen atoms in total. The van der Waals surface area contributed by atoms with Gasteiger partial charge in [0.1, 0.15) is 0 Å². The number of carboxylic acid groups (broad SMARTS) is 1. The molecular weight excluding hydrogens is 427 g/mol. The number of benzene rings is 2. The van der Waals surface area contributed by atoms with Crippen LogP contribution in [-0.2, 0) is 16.0 Å². The number of carbonyl (C=O) groups is 2. The van der Waals surface area contributed by atoms with Gasteiger partial charge in [-0.3, -0.25) is 4.79 Å². The zero-order valence-electron chi connectivity index (χ0n) is 12.4. The Morgan fingerprint density at radius 1 is 1.13 bits per heavy atom. The molecule has 6 heteroatoms. The number of carbonyl (C=O) groups excluding carboxylic acids is 1. The van der Waals surface area contributed by atoms with Crippen LogP contribution in [-0.4, -0.2) is 23.7 Å². The first kappa shape index (κ1) is 17.8. The molecule has 0 radical (unpaired) electrons. The maximum Gasteiger partial charge on any atom is 0.339 e. The molecule has 0 unspecified atom stereocenters. The normalized spacial score (nSPS) is 10.3. The second-order valence-corrected chi connectivity index (χ2v) is 6.99. The van der Waals surface area contributed by atoms with Gasteiger partial charge in [0.05, 0.1) is 18.6 Å². The minimum atomic E-state index is -0.845.